The number of hydrogen-bond acceptors (Lipinski definition) is 4. The summed E-state index contributed by atoms with van der Waals surface area (Å²) >= 11 is 5.35. The highest BCUT2D eigenvalue weighted by Crippen LogP contribution is 2.21. The summed E-state index contributed by atoms with van der Waals surface area (Å²) in [7, 11) is 0. The van der Waals surface area contributed by atoms with Crippen molar-refractivity contribution in [3.05, 3.63) is 29.8 Å². The van der Waals surface area contributed by atoms with Crippen molar-refractivity contribution in [3.8, 4) is 0 Å². The van der Waals surface area contributed by atoms with E-state index in [-0.39, 0.29) is 11.8 Å². The monoisotopic (exact) mass is 297 g/mol. The highest BCUT2D eigenvalue weighted by molar-refractivity contribution is 6.27. The molecule has 1 aromatic carbocycles. The first-order valence-corrected chi connectivity index (χ1v) is 6.82. The van der Waals surface area contributed by atoms with Gasteiger partial charge in [0.15, 0.2) is 0 Å². The molecule has 20 heavy (non-hydrogen) atoms. The molecule has 6 nitrogen and oxygen atoms in total. The lowest BCUT2D eigenvalue weighted by Gasteiger charge is -2.30. The third-order valence-corrected chi connectivity index (χ3v) is 3.18. The predicted octanol–water partition coefficient (Wildman–Crippen LogP) is 0.523. The minimum atomic E-state index is -0.455. The van der Waals surface area contributed by atoms with Gasteiger partial charge in [-0.1, -0.05) is 12.1 Å². The Bertz CT molecular complexity index is 490. The second kappa shape index (κ2) is 7.12. The number of hydrogen-bond donors (Lipinski definition) is 2. The molecule has 2 amide bonds. The van der Waals surface area contributed by atoms with Crippen molar-refractivity contribution in [3.63, 3.8) is 0 Å². The van der Waals surface area contributed by atoms with Gasteiger partial charge in [0.05, 0.1) is 18.8 Å². The number of para-hydroxylation sites is 1. The third-order valence-electron chi connectivity index (χ3n) is 2.94. The molecule has 0 unspecified atom stereocenters. The van der Waals surface area contributed by atoms with Crippen LogP contribution in [-0.4, -0.2) is 44.0 Å². The Hall–Kier alpha value is -1.79. The molecule has 0 radical (unpaired) electrons. The van der Waals surface area contributed by atoms with E-state index in [2.05, 4.69) is 15.8 Å². The summed E-state index contributed by atoms with van der Waals surface area (Å²) in [5.74, 6) is -1.03. The van der Waals surface area contributed by atoms with E-state index in [1.54, 1.807) is 12.1 Å². The van der Waals surface area contributed by atoms with Gasteiger partial charge in [-0.2, -0.15) is 0 Å². The van der Waals surface area contributed by atoms with Gasteiger partial charge in [0, 0.05) is 18.8 Å². The maximum Gasteiger partial charge on any atom is 0.271 e. The molecule has 1 aromatic rings. The van der Waals surface area contributed by atoms with E-state index in [0.29, 0.717) is 18.8 Å². The predicted molar refractivity (Wildman–Crippen MR) is 75.8 cm³/mol. The normalized spacial score (nSPS) is 14.8. The molecule has 0 saturated carbocycles. The number of benzene rings is 1. The zero-order chi connectivity index (χ0) is 14.4. The number of halogens is 1. The summed E-state index contributed by atoms with van der Waals surface area (Å²) in [4.78, 5) is 25.2. The smallest absolute Gasteiger partial charge is 0.271 e. The maximum absolute atomic E-state index is 12.1. The Morgan fingerprint density at radius 1 is 1.20 bits per heavy atom. The van der Waals surface area contributed by atoms with Gasteiger partial charge in [0.25, 0.3) is 11.8 Å². The molecule has 0 bridgehead atoms. The zero-order valence-corrected chi connectivity index (χ0v) is 11.7. The van der Waals surface area contributed by atoms with E-state index in [9.17, 15) is 9.59 Å². The topological polar surface area (TPSA) is 70.7 Å². The molecule has 1 aliphatic rings. The van der Waals surface area contributed by atoms with Crippen molar-refractivity contribution >= 4 is 29.1 Å². The van der Waals surface area contributed by atoms with E-state index in [1.165, 1.54) is 0 Å². The van der Waals surface area contributed by atoms with Crippen LogP contribution in [0, 0.1) is 0 Å². The van der Waals surface area contributed by atoms with Crippen molar-refractivity contribution in [1.82, 2.24) is 10.9 Å². The van der Waals surface area contributed by atoms with Crippen molar-refractivity contribution in [2.24, 2.45) is 0 Å². The summed E-state index contributed by atoms with van der Waals surface area (Å²) in [5, 5.41) is 0. The molecule has 0 atom stereocenters. The number of rotatable bonds is 3. The van der Waals surface area contributed by atoms with Gasteiger partial charge in [-0.15, -0.1) is 11.6 Å². The second-order valence-electron chi connectivity index (χ2n) is 4.25. The summed E-state index contributed by atoms with van der Waals surface area (Å²) in [5.41, 5.74) is 5.93. The molecule has 0 spiro atoms. The van der Waals surface area contributed by atoms with Crippen molar-refractivity contribution < 1.29 is 14.3 Å². The standard InChI is InChI=1S/C13H16ClN3O3/c14-9-12(18)15-16-13(19)10-3-1-2-4-11(10)17-5-7-20-8-6-17/h1-4H,5-9H2,(H,15,18)(H,16,19). The number of hydrazine groups is 1. The molecule has 2 rings (SSSR count). The van der Waals surface area contributed by atoms with Gasteiger partial charge in [-0.25, -0.2) is 0 Å². The fourth-order valence-electron chi connectivity index (χ4n) is 1.97. The lowest BCUT2D eigenvalue weighted by molar-refractivity contribution is -0.119. The Morgan fingerprint density at radius 3 is 2.60 bits per heavy atom. The van der Waals surface area contributed by atoms with Crippen LogP contribution in [0.1, 0.15) is 10.4 Å². The van der Waals surface area contributed by atoms with Crippen LogP contribution in [0.4, 0.5) is 5.69 Å². The van der Waals surface area contributed by atoms with Crippen LogP contribution < -0.4 is 15.8 Å². The fraction of sp³-hybridized carbons (Fsp3) is 0.385. The third kappa shape index (κ3) is 3.61. The first kappa shape index (κ1) is 14.6. The summed E-state index contributed by atoms with van der Waals surface area (Å²) in [6.45, 7) is 2.74. The number of anilines is 1. The van der Waals surface area contributed by atoms with Crippen LogP contribution in [0.2, 0.25) is 0 Å². The van der Waals surface area contributed by atoms with Crippen LogP contribution in [0.5, 0.6) is 0 Å². The lowest BCUT2D eigenvalue weighted by Crippen LogP contribution is -2.43. The number of amides is 2. The van der Waals surface area contributed by atoms with Gasteiger partial charge >= 0.3 is 0 Å². The molecule has 1 fully saturated rings. The number of morpholine rings is 1. The van der Waals surface area contributed by atoms with E-state index in [0.717, 1.165) is 18.8 Å². The SMILES string of the molecule is O=C(CCl)NNC(=O)c1ccccc1N1CCOCC1. The Labute approximate surface area is 122 Å². The molecular weight excluding hydrogens is 282 g/mol. The Kier molecular flexibility index (Phi) is 5.20. The Morgan fingerprint density at radius 2 is 1.90 bits per heavy atom. The van der Waals surface area contributed by atoms with E-state index in [1.807, 2.05) is 12.1 Å². The summed E-state index contributed by atoms with van der Waals surface area (Å²) in [6, 6.07) is 7.25. The van der Waals surface area contributed by atoms with Gasteiger partial charge in [-0.3, -0.25) is 20.4 Å². The van der Waals surface area contributed by atoms with E-state index >= 15 is 0 Å². The lowest BCUT2D eigenvalue weighted by atomic mass is 10.1. The van der Waals surface area contributed by atoms with E-state index in [4.69, 9.17) is 16.3 Å². The number of alkyl halides is 1. The van der Waals surface area contributed by atoms with Crippen molar-refractivity contribution in [2.75, 3.05) is 37.1 Å². The molecule has 0 aliphatic carbocycles. The fourth-order valence-corrected chi connectivity index (χ4v) is 2.04. The number of nitrogens with zero attached hydrogens (tertiary/aromatic N) is 1. The average molecular weight is 298 g/mol. The molecule has 0 aromatic heterocycles. The quantitative estimate of drug-likeness (QED) is 0.630. The zero-order valence-electron chi connectivity index (χ0n) is 10.9. The van der Waals surface area contributed by atoms with Gasteiger partial charge in [-0.05, 0) is 12.1 Å². The van der Waals surface area contributed by atoms with Crippen molar-refractivity contribution in [1.29, 1.82) is 0 Å². The average Bonchev–Trinajstić information content (AvgIpc) is 2.53. The number of nitrogens with one attached hydrogen (secondary N) is 2. The van der Waals surface area contributed by atoms with Gasteiger partial charge in [0.1, 0.15) is 5.88 Å². The summed E-state index contributed by atoms with van der Waals surface area (Å²) in [6.07, 6.45) is 0. The number of carbonyl (C=O) groups is 2. The second-order valence-corrected chi connectivity index (χ2v) is 4.52. The molecule has 7 heteroatoms. The Balaban J connectivity index is 2.10. The van der Waals surface area contributed by atoms with Crippen LogP contribution in [0.25, 0.3) is 0 Å². The minimum Gasteiger partial charge on any atom is -0.378 e. The van der Waals surface area contributed by atoms with E-state index < -0.39 is 5.91 Å². The number of carbonyl (C=O) groups excluding carboxylic acids is 2. The van der Waals surface area contributed by atoms with Gasteiger partial charge in [0.2, 0.25) is 0 Å². The highest BCUT2D eigenvalue weighted by Gasteiger charge is 2.18. The molecule has 2 N–H and O–H groups in total. The molecular formula is C13H16ClN3O3. The molecule has 1 saturated heterocycles. The van der Waals surface area contributed by atoms with Crippen LogP contribution in [0.15, 0.2) is 24.3 Å². The summed E-state index contributed by atoms with van der Waals surface area (Å²) < 4.78 is 5.30. The van der Waals surface area contributed by atoms with Crippen LogP contribution in [-0.2, 0) is 9.53 Å². The number of ether oxygens (including phenoxy) is 1. The minimum absolute atomic E-state index is 0.203. The van der Waals surface area contributed by atoms with Crippen LogP contribution in [0.3, 0.4) is 0 Å². The molecule has 108 valence electrons. The first-order valence-electron chi connectivity index (χ1n) is 6.29. The van der Waals surface area contributed by atoms with Crippen molar-refractivity contribution in [2.45, 2.75) is 0 Å². The maximum atomic E-state index is 12.1. The van der Waals surface area contributed by atoms with Gasteiger partial charge < -0.3 is 9.64 Å². The first-order chi connectivity index (χ1) is 9.72. The largest absolute Gasteiger partial charge is 0.378 e. The molecule has 1 heterocycles. The molecule has 1 aliphatic heterocycles. The highest BCUT2D eigenvalue weighted by atomic mass is 35.5. The van der Waals surface area contributed by atoms with Crippen LogP contribution >= 0.6 is 11.6 Å².